The Kier molecular flexibility index (Phi) is 8.96. The van der Waals surface area contributed by atoms with E-state index in [1.165, 1.54) is 41.0 Å². The van der Waals surface area contributed by atoms with Crippen molar-refractivity contribution in [2.45, 2.75) is 84.4 Å². The molecule has 0 spiro atoms. The van der Waals surface area contributed by atoms with Crippen LogP contribution in [0.2, 0.25) is 0 Å². The van der Waals surface area contributed by atoms with Crippen LogP contribution < -0.4 is 4.74 Å². The van der Waals surface area contributed by atoms with E-state index >= 15 is 0 Å². The Morgan fingerprint density at radius 3 is 2.54 bits per heavy atom. The first-order chi connectivity index (χ1) is 18.8. The van der Waals surface area contributed by atoms with E-state index in [1.54, 1.807) is 14.2 Å². The van der Waals surface area contributed by atoms with E-state index in [0.717, 1.165) is 48.4 Å². The van der Waals surface area contributed by atoms with E-state index in [1.807, 2.05) is 23.2 Å². The maximum Gasteiger partial charge on any atom is 0.255 e. The van der Waals surface area contributed by atoms with Crippen LogP contribution in [-0.4, -0.2) is 79.9 Å². The van der Waals surface area contributed by atoms with E-state index in [-0.39, 0.29) is 5.91 Å². The number of rotatable bonds is 10. The van der Waals surface area contributed by atoms with Crippen molar-refractivity contribution < 1.29 is 19.0 Å². The number of hydrogen-bond acceptors (Lipinski definition) is 7. The number of ether oxygens (including phenoxy) is 3. The highest BCUT2D eigenvalue weighted by molar-refractivity contribution is 7.12. The lowest BCUT2D eigenvalue weighted by atomic mass is 9.76. The molecular weight excluding hydrogens is 510 g/mol. The number of carbonyl (C=O) groups excluding carboxylic acids is 1. The van der Waals surface area contributed by atoms with Gasteiger partial charge < -0.3 is 19.1 Å². The predicted octanol–water partition coefficient (Wildman–Crippen LogP) is 5.28. The minimum Gasteiger partial charge on any atom is -0.481 e. The van der Waals surface area contributed by atoms with Crippen LogP contribution in [0, 0.1) is 26.7 Å². The van der Waals surface area contributed by atoms with Crippen molar-refractivity contribution in [1.82, 2.24) is 14.8 Å². The number of carbonyl (C=O) groups is 1. The number of aromatic nitrogens is 1. The number of methoxy groups -OCH3 is 2. The maximum atomic E-state index is 13.7. The third-order valence-electron chi connectivity index (χ3n) is 9.24. The van der Waals surface area contributed by atoms with Crippen molar-refractivity contribution in [3.8, 4) is 5.88 Å². The summed E-state index contributed by atoms with van der Waals surface area (Å²) in [5.41, 5.74) is 5.23. The monoisotopic (exact) mass is 555 g/mol. The third kappa shape index (κ3) is 5.90. The minimum absolute atomic E-state index is 0.161. The highest BCUT2D eigenvalue weighted by Gasteiger charge is 2.38. The Morgan fingerprint density at radius 1 is 1.10 bits per heavy atom. The second kappa shape index (κ2) is 12.2. The lowest BCUT2D eigenvalue weighted by Gasteiger charge is -2.46. The second-order valence-electron chi connectivity index (χ2n) is 11.7. The molecule has 1 atom stereocenters. The van der Waals surface area contributed by atoms with Crippen molar-refractivity contribution in [1.29, 1.82) is 0 Å². The van der Waals surface area contributed by atoms with Gasteiger partial charge in [0.1, 0.15) is 0 Å². The van der Waals surface area contributed by atoms with E-state index in [2.05, 4.69) is 36.7 Å². The lowest BCUT2D eigenvalue weighted by Crippen LogP contribution is -2.57. The predicted molar refractivity (Wildman–Crippen MR) is 155 cm³/mol. The van der Waals surface area contributed by atoms with Crippen molar-refractivity contribution in [2.75, 3.05) is 47.1 Å². The number of hydrogen-bond donors (Lipinski definition) is 0. The van der Waals surface area contributed by atoms with E-state index < -0.39 is 0 Å². The average Bonchev–Trinajstić information content (AvgIpc) is 3.24. The summed E-state index contributed by atoms with van der Waals surface area (Å²) < 4.78 is 16.5. The molecule has 2 aromatic heterocycles. The van der Waals surface area contributed by atoms with Gasteiger partial charge in [0, 0.05) is 60.2 Å². The van der Waals surface area contributed by atoms with Gasteiger partial charge in [0.05, 0.1) is 38.5 Å². The van der Waals surface area contributed by atoms with Crippen molar-refractivity contribution >= 4 is 17.2 Å². The van der Waals surface area contributed by atoms with Gasteiger partial charge in [-0.2, -0.15) is 0 Å². The summed E-state index contributed by atoms with van der Waals surface area (Å²) >= 11 is 1.90. The third-order valence-corrected chi connectivity index (χ3v) is 10.8. The molecule has 7 nitrogen and oxygen atoms in total. The number of fused-ring (bicyclic) bond motifs is 1. The summed E-state index contributed by atoms with van der Waals surface area (Å²) in [5, 5.41) is 0. The van der Waals surface area contributed by atoms with E-state index in [4.69, 9.17) is 14.2 Å². The van der Waals surface area contributed by atoms with Crippen LogP contribution in [0.25, 0.3) is 0 Å². The zero-order valence-corrected chi connectivity index (χ0v) is 25.4. The average molecular weight is 556 g/mol. The molecule has 2 fully saturated rings. The van der Waals surface area contributed by atoms with Crippen LogP contribution >= 0.6 is 11.3 Å². The Hall–Kier alpha value is -2.00. The molecule has 0 N–H and O–H groups in total. The minimum atomic E-state index is 0.161. The first-order valence-electron chi connectivity index (χ1n) is 14.6. The smallest absolute Gasteiger partial charge is 0.255 e. The van der Waals surface area contributed by atoms with Gasteiger partial charge in [-0.15, -0.1) is 11.3 Å². The largest absolute Gasteiger partial charge is 0.481 e. The summed E-state index contributed by atoms with van der Waals surface area (Å²) in [7, 11) is 3.38. The second-order valence-corrected chi connectivity index (χ2v) is 12.9. The highest BCUT2D eigenvalue weighted by atomic mass is 32.1. The molecule has 0 radical (unpaired) electrons. The van der Waals surface area contributed by atoms with E-state index in [9.17, 15) is 4.79 Å². The summed E-state index contributed by atoms with van der Waals surface area (Å²) in [5.74, 6) is 1.97. The molecule has 214 valence electrons. The standard InChI is InChI=1S/C31H45N3O4S/c1-19-15-20(2)32-30(37-6)26(19)18-33-12-11-27-28(31(33)35)22(4)29(39-27)21(3)23-7-9-24(10-8-23)34-16-25(17-34)38-14-13-36-5/h15,21,23-25H,7-14,16-18H2,1-6H3. The molecule has 2 aliphatic heterocycles. The lowest BCUT2D eigenvalue weighted by molar-refractivity contribution is -0.0883. The Morgan fingerprint density at radius 2 is 1.85 bits per heavy atom. The maximum absolute atomic E-state index is 13.7. The molecule has 2 aromatic rings. The molecule has 1 saturated carbocycles. The van der Waals surface area contributed by atoms with Crippen molar-refractivity contribution in [3.05, 3.63) is 43.8 Å². The van der Waals surface area contributed by atoms with Crippen LogP contribution in [0.4, 0.5) is 0 Å². The Bertz CT molecular complexity index is 1170. The van der Waals surface area contributed by atoms with E-state index in [0.29, 0.717) is 49.6 Å². The van der Waals surface area contributed by atoms with Gasteiger partial charge >= 0.3 is 0 Å². The summed E-state index contributed by atoms with van der Waals surface area (Å²) in [6.07, 6.45) is 6.36. The zero-order chi connectivity index (χ0) is 27.7. The Balaban J connectivity index is 1.20. The van der Waals surface area contributed by atoms with Gasteiger partial charge in [-0.05, 0) is 75.5 Å². The van der Waals surface area contributed by atoms with Crippen LogP contribution in [0.3, 0.4) is 0 Å². The molecule has 8 heteroatoms. The van der Waals surface area contributed by atoms with Crippen LogP contribution in [0.15, 0.2) is 6.07 Å². The number of aryl methyl sites for hydroxylation is 2. The first-order valence-corrected chi connectivity index (χ1v) is 15.4. The van der Waals surface area contributed by atoms with Gasteiger partial charge in [0.15, 0.2) is 0 Å². The molecule has 3 aliphatic rings. The van der Waals surface area contributed by atoms with Crippen molar-refractivity contribution in [2.24, 2.45) is 5.92 Å². The van der Waals surface area contributed by atoms with Gasteiger partial charge in [-0.3, -0.25) is 9.69 Å². The first kappa shape index (κ1) is 28.5. The summed E-state index contributed by atoms with van der Waals surface area (Å²) in [6.45, 7) is 13.4. The van der Waals surface area contributed by atoms with Gasteiger partial charge in [0.2, 0.25) is 5.88 Å². The van der Waals surface area contributed by atoms with Gasteiger partial charge in [-0.1, -0.05) is 6.92 Å². The summed E-state index contributed by atoms with van der Waals surface area (Å²) in [6, 6.07) is 2.76. The normalized spacial score (nSPS) is 23.0. The molecular formula is C31H45N3O4S. The number of nitrogens with zero attached hydrogens (tertiary/aromatic N) is 3. The quantitative estimate of drug-likeness (QED) is 0.372. The summed E-state index contributed by atoms with van der Waals surface area (Å²) in [4.78, 5) is 25.6. The molecule has 0 bridgehead atoms. The fourth-order valence-corrected chi connectivity index (χ4v) is 8.30. The molecule has 0 aromatic carbocycles. The fraction of sp³-hybridized carbons (Fsp3) is 0.677. The number of thiophene rings is 1. The number of amides is 1. The number of pyridine rings is 1. The molecule has 1 unspecified atom stereocenters. The molecule has 1 amide bonds. The topological polar surface area (TPSA) is 64.1 Å². The van der Waals surface area contributed by atoms with Crippen LogP contribution in [0.1, 0.15) is 81.0 Å². The number of likely N-dealkylation sites (tertiary alicyclic amines) is 1. The van der Waals surface area contributed by atoms with Crippen LogP contribution in [0.5, 0.6) is 5.88 Å². The molecule has 1 aliphatic carbocycles. The molecule has 1 saturated heterocycles. The highest BCUT2D eigenvalue weighted by Crippen LogP contribution is 2.44. The molecule has 5 rings (SSSR count). The zero-order valence-electron chi connectivity index (χ0n) is 24.5. The molecule has 39 heavy (non-hydrogen) atoms. The SMILES string of the molecule is COCCOC1CN(C2CCC(C(C)c3sc4c(c3C)C(=O)N(Cc3c(C)cc(C)nc3OC)CC4)CC2)C1. The van der Waals surface area contributed by atoms with Crippen molar-refractivity contribution in [3.63, 3.8) is 0 Å². The fourth-order valence-electron chi connectivity index (χ4n) is 6.86. The van der Waals surface area contributed by atoms with Gasteiger partial charge in [-0.25, -0.2) is 4.98 Å². The Labute approximate surface area is 237 Å². The van der Waals surface area contributed by atoms with Gasteiger partial charge in [0.25, 0.3) is 5.91 Å². The van der Waals surface area contributed by atoms with Crippen LogP contribution in [-0.2, 0) is 22.4 Å². The molecule has 4 heterocycles.